The van der Waals surface area contributed by atoms with Crippen LogP contribution in [-0.4, -0.2) is 47.3 Å². The van der Waals surface area contributed by atoms with Crippen molar-refractivity contribution in [1.82, 2.24) is 15.1 Å². The lowest BCUT2D eigenvalue weighted by molar-refractivity contribution is 0.0950. The molecule has 1 aromatic carbocycles. The third-order valence-corrected chi connectivity index (χ3v) is 6.15. The Morgan fingerprint density at radius 2 is 1.77 bits per heavy atom. The van der Waals surface area contributed by atoms with Gasteiger partial charge in [0.1, 0.15) is 5.01 Å². The van der Waals surface area contributed by atoms with Gasteiger partial charge in [-0.1, -0.05) is 41.5 Å². The van der Waals surface area contributed by atoms with Crippen LogP contribution in [-0.2, 0) is 0 Å². The monoisotopic (exact) mass is 334 g/mol. The van der Waals surface area contributed by atoms with E-state index in [1.54, 1.807) is 11.3 Å². The minimum atomic E-state index is 0.662. The number of aromatic nitrogens is 2. The molecule has 2 unspecified atom stereocenters. The number of rotatable bonds is 2. The van der Waals surface area contributed by atoms with Gasteiger partial charge in [-0.05, 0) is 32.0 Å². The molecule has 4 rings (SSSR count). The van der Waals surface area contributed by atoms with Gasteiger partial charge in [-0.15, -0.1) is 10.2 Å². The van der Waals surface area contributed by atoms with E-state index in [1.807, 2.05) is 24.3 Å². The third-order valence-electron chi connectivity index (χ3n) is 4.86. The summed E-state index contributed by atoms with van der Waals surface area (Å²) in [6.07, 6.45) is 3.96. The van der Waals surface area contributed by atoms with E-state index in [0.717, 1.165) is 33.8 Å². The van der Waals surface area contributed by atoms with E-state index >= 15 is 0 Å². The summed E-state index contributed by atoms with van der Waals surface area (Å²) in [5.41, 5.74) is 1.09. The molecule has 0 aliphatic carbocycles. The molecule has 2 saturated heterocycles. The summed E-state index contributed by atoms with van der Waals surface area (Å²) >= 11 is 7.63. The molecular formula is C16H19ClN4S. The van der Waals surface area contributed by atoms with Crippen molar-refractivity contribution in [2.24, 2.45) is 0 Å². The average molecular weight is 335 g/mol. The summed E-state index contributed by atoms with van der Waals surface area (Å²) in [6.45, 7) is 2.14. The van der Waals surface area contributed by atoms with Crippen LogP contribution in [0.15, 0.2) is 24.3 Å². The Labute approximate surface area is 139 Å². The summed E-state index contributed by atoms with van der Waals surface area (Å²) in [5, 5.41) is 11.6. The second-order valence-corrected chi connectivity index (χ2v) is 7.60. The van der Waals surface area contributed by atoms with Crippen LogP contribution in [0.2, 0.25) is 5.02 Å². The standard InChI is InChI=1S/C16H19ClN4S/c1-20-13-3-2-4-14(20)10-21(9-13)16-19-18-15(22-16)11-5-7-12(17)8-6-11/h5-8,13-14H,2-4,9-10H2,1H3. The molecule has 2 atom stereocenters. The quantitative estimate of drug-likeness (QED) is 0.841. The predicted octanol–water partition coefficient (Wildman–Crippen LogP) is 3.53. The fourth-order valence-corrected chi connectivity index (χ4v) is 4.52. The van der Waals surface area contributed by atoms with Gasteiger partial charge in [0.25, 0.3) is 0 Å². The first-order valence-electron chi connectivity index (χ1n) is 7.77. The van der Waals surface area contributed by atoms with Crippen molar-refractivity contribution < 1.29 is 0 Å². The lowest BCUT2D eigenvalue weighted by Crippen LogP contribution is -2.59. The highest BCUT2D eigenvalue weighted by atomic mass is 35.5. The number of halogens is 1. The van der Waals surface area contributed by atoms with Crippen LogP contribution in [0.3, 0.4) is 0 Å². The van der Waals surface area contributed by atoms with Crippen LogP contribution in [0, 0.1) is 0 Å². The first-order valence-corrected chi connectivity index (χ1v) is 8.96. The zero-order valence-electron chi connectivity index (χ0n) is 12.6. The number of fused-ring (bicyclic) bond motifs is 2. The van der Waals surface area contributed by atoms with E-state index < -0.39 is 0 Å². The second-order valence-electron chi connectivity index (χ2n) is 6.21. The topological polar surface area (TPSA) is 32.3 Å². The van der Waals surface area contributed by atoms with Gasteiger partial charge in [0.05, 0.1) is 0 Å². The fraction of sp³-hybridized carbons (Fsp3) is 0.500. The summed E-state index contributed by atoms with van der Waals surface area (Å²) < 4.78 is 0. The van der Waals surface area contributed by atoms with Gasteiger partial charge < -0.3 is 4.90 Å². The van der Waals surface area contributed by atoms with E-state index in [0.29, 0.717) is 12.1 Å². The molecule has 2 aliphatic rings. The van der Waals surface area contributed by atoms with Gasteiger partial charge in [0, 0.05) is 35.8 Å². The van der Waals surface area contributed by atoms with Gasteiger partial charge in [-0.3, -0.25) is 4.90 Å². The van der Waals surface area contributed by atoms with Gasteiger partial charge >= 0.3 is 0 Å². The summed E-state index contributed by atoms with van der Waals surface area (Å²) in [4.78, 5) is 4.98. The number of hydrogen-bond donors (Lipinski definition) is 0. The van der Waals surface area contributed by atoms with Crippen molar-refractivity contribution in [3.63, 3.8) is 0 Å². The molecule has 0 N–H and O–H groups in total. The normalized spacial score (nSPS) is 25.5. The van der Waals surface area contributed by atoms with E-state index in [1.165, 1.54) is 19.3 Å². The second kappa shape index (κ2) is 5.80. The van der Waals surface area contributed by atoms with Crippen molar-refractivity contribution >= 4 is 28.1 Å². The number of likely N-dealkylation sites (N-methyl/N-ethyl adjacent to an activating group) is 1. The lowest BCUT2D eigenvalue weighted by Gasteiger charge is -2.48. The first kappa shape index (κ1) is 14.4. The number of hydrogen-bond acceptors (Lipinski definition) is 5. The Morgan fingerprint density at radius 1 is 1.09 bits per heavy atom. The minimum absolute atomic E-state index is 0.662. The Kier molecular flexibility index (Phi) is 3.80. The van der Waals surface area contributed by atoms with E-state index in [4.69, 9.17) is 11.6 Å². The molecule has 0 saturated carbocycles. The highest BCUT2D eigenvalue weighted by Crippen LogP contribution is 2.34. The largest absolute Gasteiger partial charge is 0.344 e. The maximum atomic E-state index is 5.95. The van der Waals surface area contributed by atoms with Crippen molar-refractivity contribution in [1.29, 1.82) is 0 Å². The van der Waals surface area contributed by atoms with Crippen LogP contribution in [0.1, 0.15) is 19.3 Å². The number of piperazine rings is 1. The van der Waals surface area contributed by atoms with Crippen LogP contribution in [0.5, 0.6) is 0 Å². The predicted molar refractivity (Wildman–Crippen MR) is 91.8 cm³/mol. The molecule has 116 valence electrons. The molecule has 6 heteroatoms. The Morgan fingerprint density at radius 3 is 2.45 bits per heavy atom. The molecule has 4 nitrogen and oxygen atoms in total. The SMILES string of the molecule is CN1C2CCCC1CN(c1nnc(-c3ccc(Cl)cc3)s1)C2. The highest BCUT2D eigenvalue weighted by molar-refractivity contribution is 7.18. The maximum absolute atomic E-state index is 5.95. The van der Waals surface area contributed by atoms with Crippen LogP contribution < -0.4 is 4.90 Å². The zero-order chi connectivity index (χ0) is 15.1. The van der Waals surface area contributed by atoms with Gasteiger partial charge in [-0.25, -0.2) is 0 Å². The summed E-state index contributed by atoms with van der Waals surface area (Å²) in [6, 6.07) is 9.14. The molecule has 2 fully saturated rings. The minimum Gasteiger partial charge on any atom is -0.344 e. The molecule has 0 radical (unpaired) electrons. The van der Waals surface area contributed by atoms with Crippen molar-refractivity contribution in [2.45, 2.75) is 31.3 Å². The van der Waals surface area contributed by atoms with Crippen molar-refractivity contribution in [3.05, 3.63) is 29.3 Å². The molecule has 2 aromatic rings. The van der Waals surface area contributed by atoms with Gasteiger partial charge in [-0.2, -0.15) is 0 Å². The van der Waals surface area contributed by atoms with Crippen LogP contribution in [0.25, 0.3) is 10.6 Å². The highest BCUT2D eigenvalue weighted by Gasteiger charge is 2.35. The lowest BCUT2D eigenvalue weighted by atomic mass is 9.92. The molecule has 0 spiro atoms. The third kappa shape index (κ3) is 2.62. The number of anilines is 1. The van der Waals surface area contributed by atoms with Crippen molar-refractivity contribution in [2.75, 3.05) is 25.0 Å². The average Bonchev–Trinajstić information content (AvgIpc) is 2.97. The maximum Gasteiger partial charge on any atom is 0.208 e. The Balaban J connectivity index is 1.55. The molecule has 2 aliphatic heterocycles. The first-order chi connectivity index (χ1) is 10.7. The van der Waals surface area contributed by atoms with Gasteiger partial charge in [0.2, 0.25) is 5.13 Å². The number of piperidine rings is 1. The molecule has 22 heavy (non-hydrogen) atoms. The fourth-order valence-electron chi connectivity index (χ4n) is 3.53. The van der Waals surface area contributed by atoms with Gasteiger partial charge in [0.15, 0.2) is 0 Å². The van der Waals surface area contributed by atoms with E-state index in [-0.39, 0.29) is 0 Å². The number of nitrogens with zero attached hydrogens (tertiary/aromatic N) is 4. The van der Waals surface area contributed by atoms with Crippen LogP contribution >= 0.6 is 22.9 Å². The van der Waals surface area contributed by atoms with Crippen LogP contribution in [0.4, 0.5) is 5.13 Å². The Hall–Kier alpha value is -1.17. The molecule has 0 amide bonds. The zero-order valence-corrected chi connectivity index (χ0v) is 14.1. The van der Waals surface area contributed by atoms with Crippen molar-refractivity contribution in [3.8, 4) is 10.6 Å². The molecule has 1 aromatic heterocycles. The summed E-state index contributed by atoms with van der Waals surface area (Å²) in [7, 11) is 2.27. The Bertz CT molecular complexity index is 642. The molecular weight excluding hydrogens is 316 g/mol. The number of benzene rings is 1. The van der Waals surface area contributed by atoms with E-state index in [9.17, 15) is 0 Å². The molecule has 2 bridgehead atoms. The summed E-state index contributed by atoms with van der Waals surface area (Å²) in [5.74, 6) is 0. The smallest absolute Gasteiger partial charge is 0.208 e. The molecule has 3 heterocycles. The van der Waals surface area contributed by atoms with E-state index in [2.05, 4.69) is 27.0 Å².